The molecule has 5 nitrogen and oxygen atoms in total. The Bertz CT molecular complexity index is 653. The number of likely N-dealkylation sites (tertiary alicyclic amines) is 1. The zero-order valence-electron chi connectivity index (χ0n) is 17.5. The first-order chi connectivity index (χ1) is 14.3. The first-order valence-corrected chi connectivity index (χ1v) is 10.2. The lowest BCUT2D eigenvalue weighted by Crippen LogP contribution is -2.36. The van der Waals surface area contributed by atoms with E-state index in [2.05, 4.69) is 21.9 Å². The normalized spacial score (nSPS) is 15.5. The summed E-state index contributed by atoms with van der Waals surface area (Å²) < 4.78 is 37.8. The number of piperidine rings is 1. The average Bonchev–Trinajstić information content (AvgIpc) is 2.73. The molecular formula is C22H32F3N3O2. The Kier molecular flexibility index (Phi) is 12.0. The quantitative estimate of drug-likeness (QED) is 0.616. The van der Waals surface area contributed by atoms with Crippen LogP contribution in [0.25, 0.3) is 0 Å². The Morgan fingerprint density at radius 1 is 1.30 bits per heavy atom. The minimum absolute atomic E-state index is 0.0292. The molecule has 0 aromatic heterocycles. The number of carbonyl (C=O) groups is 1. The van der Waals surface area contributed by atoms with Gasteiger partial charge in [0.1, 0.15) is 6.73 Å². The van der Waals surface area contributed by atoms with E-state index >= 15 is 0 Å². The van der Waals surface area contributed by atoms with Gasteiger partial charge in [-0.05, 0) is 75.3 Å². The highest BCUT2D eigenvalue weighted by molar-refractivity contribution is 5.77. The van der Waals surface area contributed by atoms with Gasteiger partial charge in [0.05, 0.1) is 5.56 Å². The number of nitrogens with one attached hydrogen (secondary N) is 1. The Labute approximate surface area is 176 Å². The van der Waals surface area contributed by atoms with Crippen LogP contribution in [0.1, 0.15) is 43.7 Å². The second kappa shape index (κ2) is 13.9. The van der Waals surface area contributed by atoms with Crippen LogP contribution >= 0.6 is 0 Å². The Balaban J connectivity index is 0.00000103. The Hall–Kier alpha value is -2.19. The lowest BCUT2D eigenvalue weighted by atomic mass is 9.90. The third-order valence-corrected chi connectivity index (χ3v) is 4.87. The molecule has 0 bridgehead atoms. The van der Waals surface area contributed by atoms with Crippen LogP contribution in [0.2, 0.25) is 0 Å². The van der Waals surface area contributed by atoms with E-state index in [0.717, 1.165) is 63.0 Å². The number of alkyl halides is 3. The third kappa shape index (κ3) is 10.5. The van der Waals surface area contributed by atoms with Crippen LogP contribution in [0.15, 0.2) is 41.5 Å². The number of hydrogen-bond donors (Lipinski definition) is 2. The monoisotopic (exact) mass is 427 g/mol. The maximum atomic E-state index is 12.6. The standard InChI is InChI=1S/C20H27F3N2O.C2H5NO/c1-2-3-11-24-19(26)10-14-25-12-8-17(9-13-25)15-16-4-6-18(7-5-16)20(21,22)23;1-3-2-4/h3-7,11,17H,2,8-10,12-15H2,1H3,(H,24,26);4H,1-2H2/b11-3+;. The van der Waals surface area contributed by atoms with Crippen LogP contribution < -0.4 is 5.32 Å². The summed E-state index contributed by atoms with van der Waals surface area (Å²) in [6.45, 7) is 7.44. The molecule has 8 heteroatoms. The summed E-state index contributed by atoms with van der Waals surface area (Å²) in [7, 11) is 0. The van der Waals surface area contributed by atoms with Crippen LogP contribution in [0.5, 0.6) is 0 Å². The van der Waals surface area contributed by atoms with Crippen molar-refractivity contribution in [2.24, 2.45) is 10.9 Å². The van der Waals surface area contributed by atoms with Crippen LogP contribution in [0.3, 0.4) is 0 Å². The summed E-state index contributed by atoms with van der Waals surface area (Å²) in [5.41, 5.74) is 0.363. The van der Waals surface area contributed by atoms with Crippen molar-refractivity contribution in [1.29, 1.82) is 0 Å². The van der Waals surface area contributed by atoms with Gasteiger partial charge in [-0.15, -0.1) is 0 Å². The van der Waals surface area contributed by atoms with Crippen LogP contribution in [-0.4, -0.2) is 49.0 Å². The number of benzene rings is 1. The Morgan fingerprint density at radius 3 is 2.40 bits per heavy atom. The molecule has 1 saturated heterocycles. The second-order valence-corrected chi connectivity index (χ2v) is 7.18. The summed E-state index contributed by atoms with van der Waals surface area (Å²) >= 11 is 0. The number of aliphatic imine (C=N–C) groups is 1. The van der Waals surface area contributed by atoms with Gasteiger partial charge in [-0.25, -0.2) is 0 Å². The largest absolute Gasteiger partial charge is 0.416 e. The lowest BCUT2D eigenvalue weighted by Gasteiger charge is -2.31. The number of rotatable bonds is 8. The molecule has 1 aromatic rings. The number of allylic oxidation sites excluding steroid dienone is 1. The van der Waals surface area contributed by atoms with Crippen molar-refractivity contribution >= 4 is 12.6 Å². The minimum atomic E-state index is -4.28. The van der Waals surface area contributed by atoms with Crippen LogP contribution in [-0.2, 0) is 17.4 Å². The Morgan fingerprint density at radius 2 is 1.90 bits per heavy atom. The number of aliphatic hydroxyl groups excluding tert-OH is 1. The van der Waals surface area contributed by atoms with Crippen molar-refractivity contribution in [2.45, 2.75) is 45.2 Å². The molecule has 1 amide bonds. The summed E-state index contributed by atoms with van der Waals surface area (Å²) in [5, 5.41) is 10.4. The van der Waals surface area contributed by atoms with Gasteiger partial charge >= 0.3 is 6.18 Å². The minimum Gasteiger partial charge on any atom is -0.375 e. The molecule has 30 heavy (non-hydrogen) atoms. The highest BCUT2D eigenvalue weighted by atomic mass is 19.4. The summed E-state index contributed by atoms with van der Waals surface area (Å²) in [5.74, 6) is 0.519. The van der Waals surface area contributed by atoms with E-state index in [-0.39, 0.29) is 12.6 Å². The highest BCUT2D eigenvalue weighted by Crippen LogP contribution is 2.30. The molecule has 1 heterocycles. The average molecular weight is 428 g/mol. The van der Waals surface area contributed by atoms with Gasteiger partial charge in [0.15, 0.2) is 0 Å². The van der Waals surface area contributed by atoms with Crippen molar-refractivity contribution in [1.82, 2.24) is 10.2 Å². The fourth-order valence-electron chi connectivity index (χ4n) is 3.18. The molecule has 0 saturated carbocycles. The zero-order valence-corrected chi connectivity index (χ0v) is 17.5. The van der Waals surface area contributed by atoms with E-state index in [1.807, 2.05) is 13.0 Å². The lowest BCUT2D eigenvalue weighted by molar-refractivity contribution is -0.137. The predicted molar refractivity (Wildman–Crippen MR) is 113 cm³/mol. The molecular weight excluding hydrogens is 395 g/mol. The van der Waals surface area contributed by atoms with Gasteiger partial charge in [0.2, 0.25) is 5.91 Å². The predicted octanol–water partition coefficient (Wildman–Crippen LogP) is 4.03. The summed E-state index contributed by atoms with van der Waals surface area (Å²) in [6.07, 6.45) is 3.54. The molecule has 1 aliphatic rings. The maximum Gasteiger partial charge on any atom is 0.416 e. The van der Waals surface area contributed by atoms with Gasteiger partial charge in [-0.3, -0.25) is 9.79 Å². The van der Waals surface area contributed by atoms with E-state index in [1.165, 1.54) is 0 Å². The number of carbonyl (C=O) groups excluding carboxylic acids is 1. The van der Waals surface area contributed by atoms with Gasteiger partial charge in [0, 0.05) is 13.0 Å². The number of halogens is 3. The molecule has 168 valence electrons. The second-order valence-electron chi connectivity index (χ2n) is 7.18. The van der Waals surface area contributed by atoms with E-state index in [9.17, 15) is 18.0 Å². The van der Waals surface area contributed by atoms with E-state index < -0.39 is 11.7 Å². The molecule has 2 N–H and O–H groups in total. The SMILES string of the molecule is C=NCO.CC/C=C/NC(=O)CCN1CCC(Cc2ccc(C(F)(F)F)cc2)CC1. The third-order valence-electron chi connectivity index (χ3n) is 4.87. The highest BCUT2D eigenvalue weighted by Gasteiger charge is 2.30. The molecule has 0 atom stereocenters. The zero-order chi connectivity index (χ0) is 22.4. The molecule has 0 aliphatic carbocycles. The van der Waals surface area contributed by atoms with E-state index in [1.54, 1.807) is 18.3 Å². The van der Waals surface area contributed by atoms with Gasteiger partial charge < -0.3 is 15.3 Å². The molecule has 1 fully saturated rings. The number of aliphatic hydroxyl groups is 1. The summed E-state index contributed by atoms with van der Waals surface area (Å²) in [6, 6.07) is 5.50. The van der Waals surface area contributed by atoms with Gasteiger partial charge in [-0.1, -0.05) is 25.1 Å². The molecule has 1 aliphatic heterocycles. The summed E-state index contributed by atoms with van der Waals surface area (Å²) in [4.78, 5) is 17.0. The van der Waals surface area contributed by atoms with Crippen LogP contribution in [0.4, 0.5) is 13.2 Å². The molecule has 0 spiro atoms. The van der Waals surface area contributed by atoms with Crippen LogP contribution in [0, 0.1) is 5.92 Å². The van der Waals surface area contributed by atoms with Crippen molar-refractivity contribution in [2.75, 3.05) is 26.4 Å². The van der Waals surface area contributed by atoms with Crippen molar-refractivity contribution in [3.05, 3.63) is 47.7 Å². The first-order valence-electron chi connectivity index (χ1n) is 10.2. The smallest absolute Gasteiger partial charge is 0.375 e. The number of nitrogens with zero attached hydrogens (tertiary/aromatic N) is 2. The topological polar surface area (TPSA) is 64.9 Å². The molecule has 0 unspecified atom stereocenters. The van der Waals surface area contributed by atoms with Gasteiger partial charge in [-0.2, -0.15) is 13.2 Å². The molecule has 0 radical (unpaired) electrons. The number of amides is 1. The van der Waals surface area contributed by atoms with Gasteiger partial charge in [0.25, 0.3) is 0 Å². The number of hydrogen-bond acceptors (Lipinski definition) is 4. The van der Waals surface area contributed by atoms with Crippen molar-refractivity contribution < 1.29 is 23.1 Å². The maximum absolute atomic E-state index is 12.6. The fraction of sp³-hybridized carbons (Fsp3) is 0.545. The first kappa shape index (κ1) is 25.8. The molecule has 1 aromatic carbocycles. The van der Waals surface area contributed by atoms with E-state index in [0.29, 0.717) is 12.3 Å². The molecule has 2 rings (SSSR count). The van der Waals surface area contributed by atoms with E-state index in [4.69, 9.17) is 5.11 Å². The fourth-order valence-corrected chi connectivity index (χ4v) is 3.18. The van der Waals surface area contributed by atoms with Crippen molar-refractivity contribution in [3.8, 4) is 0 Å². The van der Waals surface area contributed by atoms with Crippen molar-refractivity contribution in [3.63, 3.8) is 0 Å².